The summed E-state index contributed by atoms with van der Waals surface area (Å²) in [5.74, 6) is 0.423. The maximum absolute atomic E-state index is 12.0. The first-order chi connectivity index (χ1) is 10.3. The molecule has 1 fully saturated rings. The molecular weight excluding hydrogens is 322 g/mol. The van der Waals surface area contributed by atoms with Crippen molar-refractivity contribution in [1.82, 2.24) is 25.4 Å². The molecule has 6 nitrogen and oxygen atoms in total. The number of piperidine rings is 1. The summed E-state index contributed by atoms with van der Waals surface area (Å²) in [6.45, 7) is 2.80. The highest BCUT2D eigenvalue weighted by Gasteiger charge is 2.19. The van der Waals surface area contributed by atoms with E-state index in [4.69, 9.17) is 0 Å². The number of thiazole rings is 1. The summed E-state index contributed by atoms with van der Waals surface area (Å²) >= 11 is 1.54. The third kappa shape index (κ3) is 4.28. The maximum Gasteiger partial charge on any atom is 0.242 e. The number of hydrogen-bond donors (Lipinski definition) is 2. The molecular formula is C14H20ClN5OS. The molecule has 2 N–H and O–H groups in total. The molecule has 3 rings (SSSR count). The van der Waals surface area contributed by atoms with Crippen LogP contribution >= 0.6 is 23.7 Å². The lowest BCUT2D eigenvalue weighted by Gasteiger charge is -2.23. The van der Waals surface area contributed by atoms with Crippen molar-refractivity contribution in [2.24, 2.45) is 0 Å². The van der Waals surface area contributed by atoms with Gasteiger partial charge < -0.3 is 10.6 Å². The van der Waals surface area contributed by atoms with Crippen LogP contribution in [0.3, 0.4) is 0 Å². The van der Waals surface area contributed by atoms with Gasteiger partial charge in [-0.1, -0.05) is 0 Å². The number of amides is 1. The minimum atomic E-state index is -0.0288. The first-order valence-electron chi connectivity index (χ1n) is 7.20. The topological polar surface area (TPSA) is 71.8 Å². The van der Waals surface area contributed by atoms with Crippen LogP contribution in [-0.2, 0) is 17.9 Å². The van der Waals surface area contributed by atoms with E-state index in [0.29, 0.717) is 12.5 Å². The van der Waals surface area contributed by atoms with Crippen LogP contribution in [0.4, 0.5) is 0 Å². The summed E-state index contributed by atoms with van der Waals surface area (Å²) in [4.78, 5) is 16.2. The molecule has 2 aromatic rings. The van der Waals surface area contributed by atoms with E-state index in [2.05, 4.69) is 20.7 Å². The summed E-state index contributed by atoms with van der Waals surface area (Å²) < 4.78 is 1.81. The predicted octanol–water partition coefficient (Wildman–Crippen LogP) is 1.54. The quantitative estimate of drug-likeness (QED) is 0.865. The van der Waals surface area contributed by atoms with Crippen molar-refractivity contribution in [3.8, 4) is 0 Å². The average molecular weight is 342 g/mol. The molecule has 2 aromatic heterocycles. The number of halogens is 1. The molecule has 0 aromatic carbocycles. The van der Waals surface area contributed by atoms with Gasteiger partial charge in [-0.05, 0) is 25.5 Å². The first kappa shape index (κ1) is 16.9. The Kier molecular flexibility index (Phi) is 6.35. The van der Waals surface area contributed by atoms with Crippen LogP contribution in [-0.4, -0.2) is 33.8 Å². The number of nitrogens with zero attached hydrogens (tertiary/aromatic N) is 3. The molecule has 0 radical (unpaired) electrons. The van der Waals surface area contributed by atoms with E-state index in [9.17, 15) is 4.79 Å². The summed E-state index contributed by atoms with van der Waals surface area (Å²) in [5, 5.41) is 13.4. The number of rotatable bonds is 5. The second-order valence-corrected chi connectivity index (χ2v) is 6.14. The Labute approximate surface area is 139 Å². The summed E-state index contributed by atoms with van der Waals surface area (Å²) in [6, 6.07) is 2.02. The lowest BCUT2D eigenvalue weighted by atomic mass is 9.96. The monoisotopic (exact) mass is 341 g/mol. The van der Waals surface area contributed by atoms with Crippen LogP contribution in [0, 0.1) is 0 Å². The Bertz CT molecular complexity index is 580. The van der Waals surface area contributed by atoms with Gasteiger partial charge in [-0.15, -0.1) is 23.7 Å². The van der Waals surface area contributed by atoms with Crippen LogP contribution in [0.5, 0.6) is 0 Å². The zero-order chi connectivity index (χ0) is 14.5. The van der Waals surface area contributed by atoms with Gasteiger partial charge in [0.1, 0.15) is 11.6 Å². The van der Waals surface area contributed by atoms with Crippen molar-refractivity contribution >= 4 is 29.7 Å². The van der Waals surface area contributed by atoms with Crippen molar-refractivity contribution in [2.75, 3.05) is 13.1 Å². The molecule has 1 aliphatic rings. The van der Waals surface area contributed by atoms with E-state index in [1.807, 2.05) is 16.1 Å². The predicted molar refractivity (Wildman–Crippen MR) is 88.3 cm³/mol. The van der Waals surface area contributed by atoms with Crippen LogP contribution in [0.15, 0.2) is 23.8 Å². The third-order valence-corrected chi connectivity index (χ3v) is 4.46. The van der Waals surface area contributed by atoms with Gasteiger partial charge in [0.2, 0.25) is 5.91 Å². The van der Waals surface area contributed by atoms with Crippen LogP contribution in [0.1, 0.15) is 29.5 Å². The Morgan fingerprint density at radius 2 is 2.41 bits per heavy atom. The van der Waals surface area contributed by atoms with Gasteiger partial charge in [0.25, 0.3) is 0 Å². The van der Waals surface area contributed by atoms with Gasteiger partial charge in [-0.2, -0.15) is 5.10 Å². The minimum Gasteiger partial charge on any atom is -0.348 e. The normalized spacial score (nSPS) is 17.7. The molecule has 8 heteroatoms. The fraction of sp³-hybridized carbons (Fsp3) is 0.500. The smallest absolute Gasteiger partial charge is 0.242 e. The summed E-state index contributed by atoms with van der Waals surface area (Å²) in [5.41, 5.74) is 1.14. The van der Waals surface area contributed by atoms with Crippen molar-refractivity contribution < 1.29 is 4.79 Å². The highest BCUT2D eigenvalue weighted by Crippen LogP contribution is 2.22. The molecule has 3 heterocycles. The second-order valence-electron chi connectivity index (χ2n) is 5.16. The maximum atomic E-state index is 12.0. The minimum absolute atomic E-state index is 0. The van der Waals surface area contributed by atoms with Gasteiger partial charge in [-0.25, -0.2) is 4.98 Å². The molecule has 22 heavy (non-hydrogen) atoms. The number of aromatic nitrogens is 3. The largest absolute Gasteiger partial charge is 0.348 e. The fourth-order valence-electron chi connectivity index (χ4n) is 2.63. The lowest BCUT2D eigenvalue weighted by Crippen LogP contribution is -2.32. The number of nitrogens with one attached hydrogen (secondary N) is 2. The molecule has 0 bridgehead atoms. The molecule has 1 atom stereocenters. The lowest BCUT2D eigenvalue weighted by molar-refractivity contribution is -0.122. The molecule has 1 unspecified atom stereocenters. The second kappa shape index (κ2) is 8.26. The Balaban J connectivity index is 0.00000176. The average Bonchev–Trinajstić information content (AvgIpc) is 3.17. The van der Waals surface area contributed by atoms with Crippen LogP contribution < -0.4 is 10.6 Å². The standard InChI is InChI=1S/C14H19N5OS.ClH/c20-13(17-9-14-16-6-7-21-14)10-19-12(3-5-18-19)11-2-1-4-15-8-11;/h3,5-7,11,15H,1-2,4,8-10H2,(H,17,20);1H. The zero-order valence-electron chi connectivity index (χ0n) is 12.2. The molecule has 120 valence electrons. The third-order valence-electron chi connectivity index (χ3n) is 3.68. The Morgan fingerprint density at radius 3 is 3.14 bits per heavy atom. The van der Waals surface area contributed by atoms with Gasteiger partial charge >= 0.3 is 0 Å². The van der Waals surface area contributed by atoms with E-state index >= 15 is 0 Å². The van der Waals surface area contributed by atoms with Crippen molar-refractivity contribution in [3.63, 3.8) is 0 Å². The fourth-order valence-corrected chi connectivity index (χ4v) is 3.19. The summed E-state index contributed by atoms with van der Waals surface area (Å²) in [6.07, 6.45) is 5.84. The van der Waals surface area contributed by atoms with Gasteiger partial charge in [0.05, 0.1) is 6.54 Å². The molecule has 1 aliphatic heterocycles. The number of carbonyl (C=O) groups excluding carboxylic acids is 1. The zero-order valence-corrected chi connectivity index (χ0v) is 13.8. The summed E-state index contributed by atoms with van der Waals surface area (Å²) in [7, 11) is 0. The van der Waals surface area contributed by atoms with Gasteiger partial charge in [0.15, 0.2) is 0 Å². The molecule has 0 saturated carbocycles. The van der Waals surface area contributed by atoms with E-state index in [-0.39, 0.29) is 24.9 Å². The Morgan fingerprint density at radius 1 is 1.50 bits per heavy atom. The van der Waals surface area contributed by atoms with Crippen molar-refractivity contribution in [1.29, 1.82) is 0 Å². The van der Waals surface area contributed by atoms with Crippen LogP contribution in [0.25, 0.3) is 0 Å². The first-order valence-corrected chi connectivity index (χ1v) is 8.08. The van der Waals surface area contributed by atoms with Gasteiger partial charge in [-0.3, -0.25) is 9.48 Å². The number of carbonyl (C=O) groups is 1. The number of hydrogen-bond acceptors (Lipinski definition) is 5. The van der Waals surface area contributed by atoms with Crippen molar-refractivity contribution in [2.45, 2.75) is 31.8 Å². The Hall–Kier alpha value is -1.44. The highest BCUT2D eigenvalue weighted by molar-refractivity contribution is 7.09. The molecule has 0 aliphatic carbocycles. The SMILES string of the molecule is Cl.O=C(Cn1nccc1C1CCCNC1)NCc1nccs1. The van der Waals surface area contributed by atoms with E-state index in [1.165, 1.54) is 6.42 Å². The highest BCUT2D eigenvalue weighted by atomic mass is 35.5. The van der Waals surface area contributed by atoms with Gasteiger partial charge in [0, 0.05) is 35.9 Å². The molecule has 1 amide bonds. The van der Waals surface area contributed by atoms with E-state index in [0.717, 1.165) is 30.2 Å². The molecule has 0 spiro atoms. The molecule has 1 saturated heterocycles. The van der Waals surface area contributed by atoms with Crippen LogP contribution in [0.2, 0.25) is 0 Å². The van der Waals surface area contributed by atoms with E-state index in [1.54, 1.807) is 23.7 Å². The van der Waals surface area contributed by atoms with E-state index < -0.39 is 0 Å². The van der Waals surface area contributed by atoms with Crippen molar-refractivity contribution in [3.05, 3.63) is 34.5 Å².